The van der Waals surface area contributed by atoms with Crippen molar-refractivity contribution in [1.29, 1.82) is 0 Å². The Kier molecular flexibility index (Phi) is 4.99. The number of para-hydroxylation sites is 5. The Labute approximate surface area is 316 Å². The highest BCUT2D eigenvalue weighted by atomic mass is 16.3. The molecule has 2 nitrogen and oxygen atoms in total. The van der Waals surface area contributed by atoms with Gasteiger partial charge in [0.2, 0.25) is 0 Å². The van der Waals surface area contributed by atoms with Crippen LogP contribution in [-0.2, 0) is 5.41 Å². The molecule has 0 saturated heterocycles. The second-order valence-electron chi connectivity index (χ2n) is 15.5. The quantitative estimate of drug-likeness (QED) is 0.167. The first-order chi connectivity index (χ1) is 27.3. The molecule has 9 aromatic carbocycles. The molecule has 11 aromatic rings. The number of furan rings is 1. The molecule has 2 heteroatoms. The molecule has 0 fully saturated rings. The third-order valence-electron chi connectivity index (χ3n) is 13.1. The van der Waals surface area contributed by atoms with Crippen molar-refractivity contribution in [3.05, 3.63) is 198 Å². The van der Waals surface area contributed by atoms with Gasteiger partial charge in [0, 0.05) is 27.1 Å². The lowest BCUT2D eigenvalue weighted by molar-refractivity contribution is 0.670. The van der Waals surface area contributed by atoms with Gasteiger partial charge in [0.05, 0.1) is 22.1 Å². The molecule has 0 saturated carbocycles. The van der Waals surface area contributed by atoms with Crippen LogP contribution in [0.2, 0.25) is 0 Å². The first kappa shape index (κ1) is 28.4. The normalized spacial score (nSPS) is 15.7. The smallest absolute Gasteiger partial charge is 0.143 e. The van der Waals surface area contributed by atoms with Gasteiger partial charge in [-0.15, -0.1) is 0 Å². The summed E-state index contributed by atoms with van der Waals surface area (Å²) in [5, 5.41) is 7.55. The zero-order chi connectivity index (χ0) is 35.6. The van der Waals surface area contributed by atoms with Crippen LogP contribution >= 0.6 is 0 Å². The van der Waals surface area contributed by atoms with Crippen LogP contribution in [0, 0.1) is 0 Å². The molecule has 1 unspecified atom stereocenters. The Morgan fingerprint density at radius 1 is 0.400 bits per heavy atom. The van der Waals surface area contributed by atoms with E-state index in [1.54, 1.807) is 0 Å². The molecule has 1 spiro atoms. The van der Waals surface area contributed by atoms with E-state index < -0.39 is 5.41 Å². The van der Waals surface area contributed by atoms with E-state index in [1.807, 2.05) is 0 Å². The van der Waals surface area contributed by atoms with Gasteiger partial charge in [-0.3, -0.25) is 0 Å². The summed E-state index contributed by atoms with van der Waals surface area (Å²) in [5.74, 6) is 0. The van der Waals surface area contributed by atoms with E-state index >= 15 is 0 Å². The summed E-state index contributed by atoms with van der Waals surface area (Å²) in [4.78, 5) is 0. The zero-order valence-corrected chi connectivity index (χ0v) is 29.6. The fourth-order valence-corrected chi connectivity index (χ4v) is 11.1. The fraction of sp³-hybridized carbons (Fsp3) is 0.0189. The highest BCUT2D eigenvalue weighted by Crippen LogP contribution is 2.64. The number of aromatic nitrogens is 1. The van der Waals surface area contributed by atoms with Crippen molar-refractivity contribution in [1.82, 2.24) is 4.57 Å². The number of rotatable bonds is 1. The van der Waals surface area contributed by atoms with Crippen LogP contribution < -0.4 is 0 Å². The van der Waals surface area contributed by atoms with Crippen molar-refractivity contribution in [2.45, 2.75) is 5.41 Å². The van der Waals surface area contributed by atoms with Gasteiger partial charge in [-0.25, -0.2) is 0 Å². The Balaban J connectivity index is 1.19. The molecule has 252 valence electrons. The van der Waals surface area contributed by atoms with Gasteiger partial charge < -0.3 is 8.98 Å². The third kappa shape index (κ3) is 3.19. The third-order valence-corrected chi connectivity index (χ3v) is 13.1. The van der Waals surface area contributed by atoms with Crippen molar-refractivity contribution in [3.63, 3.8) is 0 Å². The van der Waals surface area contributed by atoms with Crippen LogP contribution in [0.25, 0.3) is 105 Å². The molecule has 0 radical (unpaired) electrons. The van der Waals surface area contributed by atoms with Gasteiger partial charge in [0.15, 0.2) is 0 Å². The summed E-state index contributed by atoms with van der Waals surface area (Å²) in [6.07, 6.45) is 0. The van der Waals surface area contributed by atoms with E-state index in [4.69, 9.17) is 4.42 Å². The fourth-order valence-electron chi connectivity index (χ4n) is 11.1. The van der Waals surface area contributed by atoms with E-state index in [0.29, 0.717) is 0 Å². The maximum atomic E-state index is 6.66. The lowest BCUT2D eigenvalue weighted by Gasteiger charge is -2.40. The van der Waals surface area contributed by atoms with Gasteiger partial charge in [0.25, 0.3) is 0 Å². The molecular formula is C53H29NO. The number of nitrogens with zero attached hydrogens (tertiary/aromatic N) is 1. The van der Waals surface area contributed by atoms with Crippen molar-refractivity contribution >= 4 is 54.5 Å². The Bertz CT molecular complexity index is 3560. The van der Waals surface area contributed by atoms with Crippen LogP contribution in [-0.4, -0.2) is 4.57 Å². The predicted octanol–water partition coefficient (Wildman–Crippen LogP) is 13.8. The van der Waals surface area contributed by atoms with Crippen LogP contribution in [0.4, 0.5) is 0 Å². The largest absolute Gasteiger partial charge is 0.455 e. The van der Waals surface area contributed by atoms with Gasteiger partial charge in [-0.05, 0) is 102 Å². The topological polar surface area (TPSA) is 18.1 Å². The zero-order valence-electron chi connectivity index (χ0n) is 29.6. The summed E-state index contributed by atoms with van der Waals surface area (Å²) in [6, 6.07) is 65.8. The second-order valence-corrected chi connectivity index (χ2v) is 15.5. The van der Waals surface area contributed by atoms with Gasteiger partial charge in [0.1, 0.15) is 11.2 Å². The van der Waals surface area contributed by atoms with Crippen LogP contribution in [0.1, 0.15) is 22.3 Å². The maximum absolute atomic E-state index is 6.66. The van der Waals surface area contributed by atoms with E-state index in [-0.39, 0.29) is 0 Å². The minimum atomic E-state index is -0.582. The molecule has 2 aliphatic carbocycles. The van der Waals surface area contributed by atoms with E-state index in [1.165, 1.54) is 93.9 Å². The van der Waals surface area contributed by atoms with E-state index in [9.17, 15) is 0 Å². The lowest BCUT2D eigenvalue weighted by Crippen LogP contribution is -2.33. The number of fused-ring (bicyclic) bond motifs is 19. The average molecular weight is 696 g/mol. The highest BCUT2D eigenvalue weighted by molar-refractivity contribution is 6.22. The number of benzene rings is 9. The molecule has 1 atom stereocenters. The number of hydrogen-bond donors (Lipinski definition) is 0. The maximum Gasteiger partial charge on any atom is 0.143 e. The Hall–Kier alpha value is -7.16. The van der Waals surface area contributed by atoms with Crippen molar-refractivity contribution in [3.8, 4) is 50.2 Å². The summed E-state index contributed by atoms with van der Waals surface area (Å²) < 4.78 is 9.20. The lowest BCUT2D eigenvalue weighted by atomic mass is 9.65. The molecule has 3 heterocycles. The van der Waals surface area contributed by atoms with Crippen molar-refractivity contribution in [2.75, 3.05) is 0 Å². The Morgan fingerprint density at radius 3 is 2.00 bits per heavy atom. The highest BCUT2D eigenvalue weighted by Gasteiger charge is 2.52. The summed E-state index contributed by atoms with van der Waals surface area (Å²) >= 11 is 0. The molecular weight excluding hydrogens is 667 g/mol. The summed E-state index contributed by atoms with van der Waals surface area (Å²) in [5.41, 5.74) is 20.6. The van der Waals surface area contributed by atoms with E-state index in [2.05, 4.69) is 180 Å². The Morgan fingerprint density at radius 2 is 1.07 bits per heavy atom. The van der Waals surface area contributed by atoms with Crippen LogP contribution in [0.15, 0.2) is 180 Å². The molecule has 55 heavy (non-hydrogen) atoms. The molecule has 0 amide bonds. The molecule has 0 bridgehead atoms. The van der Waals surface area contributed by atoms with Gasteiger partial charge >= 0.3 is 0 Å². The average Bonchev–Trinajstić information content (AvgIpc) is 3.97. The van der Waals surface area contributed by atoms with Crippen LogP contribution in [0.5, 0.6) is 0 Å². The second kappa shape index (κ2) is 9.68. The molecule has 1 aliphatic heterocycles. The molecule has 14 rings (SSSR count). The number of hydrogen-bond acceptors (Lipinski definition) is 1. The SMILES string of the molecule is c1ccc2c(c1)-c1cccc3c4c(cc-2c13)C1(c2cc(-c3cccc5c3oc3ccccc35)ccc2-4)c2ccccc2-n2c3ccccc3c3cccc1c32. The standard InChI is InChI=1S/C53H29NO/c1-2-13-33-32(12-1)36-17-10-20-40-49(36)41(33)29-45-50(40)39-27-26-30(31-16-9-19-38-35-15-4-8-25-48(35)55-52(31)38)28-44(39)53(45)42-21-5-7-24-47(42)54-46-23-6-3-14-34(46)37-18-11-22-43(53)51(37)54/h1-29H. The van der Waals surface area contributed by atoms with Crippen LogP contribution in [0.3, 0.4) is 0 Å². The van der Waals surface area contributed by atoms with E-state index in [0.717, 1.165) is 33.1 Å². The summed E-state index contributed by atoms with van der Waals surface area (Å²) in [7, 11) is 0. The molecule has 3 aliphatic rings. The first-order valence-electron chi connectivity index (χ1n) is 19.2. The molecule has 2 aromatic heterocycles. The van der Waals surface area contributed by atoms with Gasteiger partial charge in [-0.2, -0.15) is 0 Å². The summed E-state index contributed by atoms with van der Waals surface area (Å²) in [6.45, 7) is 0. The monoisotopic (exact) mass is 695 g/mol. The van der Waals surface area contributed by atoms with Crippen molar-refractivity contribution < 1.29 is 4.42 Å². The first-order valence-corrected chi connectivity index (χ1v) is 19.2. The predicted molar refractivity (Wildman–Crippen MR) is 226 cm³/mol. The minimum Gasteiger partial charge on any atom is -0.455 e. The molecule has 0 N–H and O–H groups in total. The van der Waals surface area contributed by atoms with Crippen molar-refractivity contribution in [2.24, 2.45) is 0 Å². The van der Waals surface area contributed by atoms with Gasteiger partial charge in [-0.1, -0.05) is 146 Å². The minimum absolute atomic E-state index is 0.582.